The summed E-state index contributed by atoms with van der Waals surface area (Å²) in [6, 6.07) is 0. The van der Waals surface area contributed by atoms with Gasteiger partial charge >= 0.3 is 0 Å². The van der Waals surface area contributed by atoms with Crippen molar-refractivity contribution in [3.63, 3.8) is 0 Å². The summed E-state index contributed by atoms with van der Waals surface area (Å²) in [6.07, 6.45) is 0.244. The summed E-state index contributed by atoms with van der Waals surface area (Å²) in [4.78, 5) is 10.3. The summed E-state index contributed by atoms with van der Waals surface area (Å²) in [5.74, 6) is -0.00708. The second-order valence-electron chi connectivity index (χ2n) is 2.40. The van der Waals surface area contributed by atoms with E-state index in [9.17, 15) is 4.79 Å². The molecule has 10 heavy (non-hydrogen) atoms. The van der Waals surface area contributed by atoms with Crippen LogP contribution in [0.1, 0.15) is 20.8 Å². The first-order chi connectivity index (χ1) is 4.63. The molecule has 0 aromatic heterocycles. The minimum absolute atomic E-state index is 0.00708. The first-order valence-electron chi connectivity index (χ1n) is 3.49. The fourth-order valence-corrected chi connectivity index (χ4v) is 0.522. The van der Waals surface area contributed by atoms with E-state index in [1.807, 2.05) is 13.8 Å². The van der Waals surface area contributed by atoms with E-state index in [0.29, 0.717) is 13.2 Å². The molecule has 0 heterocycles. The van der Waals surface area contributed by atoms with Gasteiger partial charge in [0, 0.05) is 13.5 Å². The zero-order valence-electron chi connectivity index (χ0n) is 6.81. The van der Waals surface area contributed by atoms with Crippen LogP contribution in [0.4, 0.5) is 0 Å². The second kappa shape index (κ2) is 5.23. The molecule has 0 saturated heterocycles. The van der Waals surface area contributed by atoms with E-state index in [2.05, 4.69) is 5.32 Å². The van der Waals surface area contributed by atoms with Crippen molar-refractivity contribution < 1.29 is 9.53 Å². The number of nitrogens with one attached hydrogen (secondary N) is 1. The van der Waals surface area contributed by atoms with Crippen LogP contribution in [-0.4, -0.2) is 25.2 Å². The van der Waals surface area contributed by atoms with E-state index >= 15 is 0 Å². The van der Waals surface area contributed by atoms with Gasteiger partial charge in [0.1, 0.15) is 0 Å². The first-order valence-corrected chi connectivity index (χ1v) is 3.49. The molecule has 0 bridgehead atoms. The number of carbonyl (C=O) groups excluding carboxylic acids is 1. The molecule has 0 unspecified atom stereocenters. The molecule has 0 aliphatic rings. The molecule has 60 valence electrons. The van der Waals surface area contributed by atoms with Crippen LogP contribution in [0.5, 0.6) is 0 Å². The van der Waals surface area contributed by atoms with Gasteiger partial charge in [-0.25, -0.2) is 0 Å². The van der Waals surface area contributed by atoms with Crippen LogP contribution in [0.3, 0.4) is 0 Å². The lowest BCUT2D eigenvalue weighted by Gasteiger charge is -2.06. The Labute approximate surface area is 61.8 Å². The molecular formula is C7H15NO2. The molecule has 0 spiro atoms. The van der Waals surface area contributed by atoms with E-state index in [4.69, 9.17) is 4.74 Å². The van der Waals surface area contributed by atoms with Crippen LogP contribution >= 0.6 is 0 Å². The molecular weight excluding hydrogens is 130 g/mol. The van der Waals surface area contributed by atoms with Crippen LogP contribution in [0.15, 0.2) is 0 Å². The minimum Gasteiger partial charge on any atom is -0.377 e. The molecule has 3 heteroatoms. The number of amides is 1. The monoisotopic (exact) mass is 145 g/mol. The third kappa shape index (κ3) is 7.43. The largest absolute Gasteiger partial charge is 0.377 e. The lowest BCUT2D eigenvalue weighted by molar-refractivity contribution is -0.119. The van der Waals surface area contributed by atoms with Crippen molar-refractivity contribution >= 4 is 5.91 Å². The standard InChI is InChI=1S/C7H15NO2/c1-6(2)10-5-4-8-7(3)9/h6H,4-5H2,1-3H3,(H,8,9). The SMILES string of the molecule is CC(=O)NCCOC(C)C. The predicted molar refractivity (Wildman–Crippen MR) is 39.8 cm³/mol. The highest BCUT2D eigenvalue weighted by atomic mass is 16.5. The third-order valence-corrected chi connectivity index (χ3v) is 0.927. The van der Waals surface area contributed by atoms with E-state index in [-0.39, 0.29) is 12.0 Å². The lowest BCUT2D eigenvalue weighted by atomic mass is 10.5. The first kappa shape index (κ1) is 9.43. The number of rotatable bonds is 4. The zero-order chi connectivity index (χ0) is 7.98. The van der Waals surface area contributed by atoms with Crippen molar-refractivity contribution in [2.24, 2.45) is 0 Å². The average Bonchev–Trinajstić information content (AvgIpc) is 1.79. The Hall–Kier alpha value is -0.570. The smallest absolute Gasteiger partial charge is 0.216 e. The molecule has 1 amide bonds. The summed E-state index contributed by atoms with van der Waals surface area (Å²) in [5, 5.41) is 2.64. The molecule has 0 fully saturated rings. The molecule has 0 saturated carbocycles. The Kier molecular flexibility index (Phi) is 4.94. The van der Waals surface area contributed by atoms with Gasteiger partial charge in [-0.3, -0.25) is 4.79 Å². The number of ether oxygens (including phenoxy) is 1. The van der Waals surface area contributed by atoms with Gasteiger partial charge in [-0.2, -0.15) is 0 Å². The highest BCUT2D eigenvalue weighted by Gasteiger charge is 1.92. The molecule has 0 radical (unpaired) electrons. The molecule has 0 aromatic rings. The van der Waals surface area contributed by atoms with Crippen LogP contribution in [0.2, 0.25) is 0 Å². The van der Waals surface area contributed by atoms with Crippen molar-refractivity contribution in [3.05, 3.63) is 0 Å². The molecule has 3 nitrogen and oxygen atoms in total. The fourth-order valence-electron chi connectivity index (χ4n) is 0.522. The third-order valence-electron chi connectivity index (χ3n) is 0.927. The van der Waals surface area contributed by atoms with E-state index in [1.54, 1.807) is 0 Å². The van der Waals surface area contributed by atoms with E-state index in [0.717, 1.165) is 0 Å². The van der Waals surface area contributed by atoms with Crippen molar-refractivity contribution in [2.45, 2.75) is 26.9 Å². The Morgan fingerprint density at radius 1 is 1.60 bits per heavy atom. The fraction of sp³-hybridized carbons (Fsp3) is 0.857. The van der Waals surface area contributed by atoms with Crippen LogP contribution < -0.4 is 5.32 Å². The van der Waals surface area contributed by atoms with Gasteiger partial charge in [-0.15, -0.1) is 0 Å². The van der Waals surface area contributed by atoms with Crippen LogP contribution in [0, 0.1) is 0 Å². The van der Waals surface area contributed by atoms with Crippen molar-refractivity contribution in [2.75, 3.05) is 13.2 Å². The van der Waals surface area contributed by atoms with Gasteiger partial charge in [-0.1, -0.05) is 0 Å². The molecule has 0 aliphatic heterocycles. The van der Waals surface area contributed by atoms with Crippen LogP contribution in [0.25, 0.3) is 0 Å². The molecule has 0 aliphatic carbocycles. The minimum atomic E-state index is -0.00708. The zero-order valence-corrected chi connectivity index (χ0v) is 6.81. The van der Waals surface area contributed by atoms with E-state index in [1.165, 1.54) is 6.92 Å². The summed E-state index contributed by atoms with van der Waals surface area (Å²) < 4.78 is 5.18. The van der Waals surface area contributed by atoms with Gasteiger partial charge in [0.15, 0.2) is 0 Å². The second-order valence-corrected chi connectivity index (χ2v) is 2.40. The Morgan fingerprint density at radius 3 is 2.60 bits per heavy atom. The van der Waals surface area contributed by atoms with Gasteiger partial charge in [-0.05, 0) is 13.8 Å². The van der Waals surface area contributed by atoms with E-state index < -0.39 is 0 Å². The highest BCUT2D eigenvalue weighted by Crippen LogP contribution is 1.84. The van der Waals surface area contributed by atoms with Crippen LogP contribution in [-0.2, 0) is 9.53 Å². The Bertz CT molecular complexity index is 102. The molecule has 0 aromatic carbocycles. The predicted octanol–water partition coefficient (Wildman–Crippen LogP) is 0.547. The number of hydrogen-bond acceptors (Lipinski definition) is 2. The summed E-state index contributed by atoms with van der Waals surface area (Å²) in [7, 11) is 0. The molecule has 0 rings (SSSR count). The summed E-state index contributed by atoms with van der Waals surface area (Å²) in [5.41, 5.74) is 0. The normalized spacial score (nSPS) is 10.0. The molecule has 0 atom stereocenters. The van der Waals surface area contributed by atoms with Gasteiger partial charge < -0.3 is 10.1 Å². The van der Waals surface area contributed by atoms with Gasteiger partial charge in [0.05, 0.1) is 12.7 Å². The quantitative estimate of drug-likeness (QED) is 0.586. The maximum atomic E-state index is 10.3. The summed E-state index contributed by atoms with van der Waals surface area (Å²) >= 11 is 0. The maximum Gasteiger partial charge on any atom is 0.216 e. The summed E-state index contributed by atoms with van der Waals surface area (Å²) in [6.45, 7) is 6.63. The maximum absolute atomic E-state index is 10.3. The number of hydrogen-bond donors (Lipinski definition) is 1. The lowest BCUT2D eigenvalue weighted by Crippen LogP contribution is -2.25. The van der Waals surface area contributed by atoms with Gasteiger partial charge in [0.25, 0.3) is 0 Å². The topological polar surface area (TPSA) is 38.3 Å². The molecule has 1 N–H and O–H groups in total. The Balaban J connectivity index is 2.98. The average molecular weight is 145 g/mol. The van der Waals surface area contributed by atoms with Crippen molar-refractivity contribution in [3.8, 4) is 0 Å². The van der Waals surface area contributed by atoms with Gasteiger partial charge in [0.2, 0.25) is 5.91 Å². The highest BCUT2D eigenvalue weighted by molar-refractivity contribution is 5.72. The van der Waals surface area contributed by atoms with Crippen molar-refractivity contribution in [1.29, 1.82) is 0 Å². The Morgan fingerprint density at radius 2 is 2.20 bits per heavy atom. The number of carbonyl (C=O) groups is 1. The van der Waals surface area contributed by atoms with Crippen molar-refractivity contribution in [1.82, 2.24) is 5.32 Å².